The van der Waals surface area contributed by atoms with Crippen LogP contribution in [0, 0.1) is 10.1 Å². The molecule has 5 N–H and O–H groups in total. The molecule has 11 nitrogen and oxygen atoms in total. The number of hydrogen-bond donors (Lipinski definition) is 4. The van der Waals surface area contributed by atoms with Crippen LogP contribution < -0.4 is 15.8 Å². The van der Waals surface area contributed by atoms with E-state index in [1.807, 2.05) is 13.8 Å². The number of rotatable bonds is 4. The number of carbonyl (C=O) groups excluding carboxylic acids is 2. The van der Waals surface area contributed by atoms with Crippen LogP contribution in [-0.4, -0.2) is 31.9 Å². The van der Waals surface area contributed by atoms with Gasteiger partial charge < -0.3 is 20.9 Å². The number of fused-ring (bicyclic) bond motifs is 5. The molecule has 0 fully saturated rings. The van der Waals surface area contributed by atoms with Gasteiger partial charge in [0.15, 0.2) is 0 Å². The van der Waals surface area contributed by atoms with Gasteiger partial charge in [-0.05, 0) is 23.6 Å². The zero-order chi connectivity index (χ0) is 23.7. The number of nitrogens with two attached hydrogens (primary N) is 1. The first kappa shape index (κ1) is 20.6. The number of benzene rings is 2. The molecule has 3 aromatic rings. The number of ketones is 1. The van der Waals surface area contributed by atoms with Crippen LogP contribution in [0.15, 0.2) is 42.6 Å². The van der Waals surface area contributed by atoms with Crippen LogP contribution in [0.5, 0.6) is 5.75 Å². The second-order valence-corrected chi connectivity index (χ2v) is 8.34. The maximum Gasteiger partial charge on any atom is 0.319 e. The molecule has 33 heavy (non-hydrogen) atoms. The number of nitrogens with zero attached hydrogens (tertiary/aromatic N) is 2. The highest BCUT2D eigenvalue weighted by Crippen LogP contribution is 2.59. The fourth-order valence-electron chi connectivity index (χ4n) is 4.57. The van der Waals surface area contributed by atoms with E-state index in [1.54, 1.807) is 24.3 Å². The third kappa shape index (κ3) is 2.50. The van der Waals surface area contributed by atoms with Crippen LogP contribution in [0.1, 0.15) is 57.3 Å². The molecule has 2 unspecified atom stereocenters. The zero-order valence-corrected chi connectivity index (χ0v) is 17.6. The van der Waals surface area contributed by atoms with Crippen LogP contribution in [0.2, 0.25) is 0 Å². The van der Waals surface area contributed by atoms with E-state index in [1.165, 1.54) is 12.1 Å². The minimum absolute atomic E-state index is 0.00964. The normalized spacial score (nSPS) is 22.5. The monoisotopic (exact) mass is 449 g/mol. The number of aromatic nitrogens is 2. The minimum atomic E-state index is -2.33. The third-order valence-corrected chi connectivity index (χ3v) is 6.20. The van der Waals surface area contributed by atoms with Gasteiger partial charge in [-0.25, -0.2) is 0 Å². The van der Waals surface area contributed by atoms with E-state index in [0.29, 0.717) is 0 Å². The number of ether oxygens (including phenoxy) is 1. The molecule has 2 aromatic carbocycles. The molecule has 0 bridgehead atoms. The average Bonchev–Trinajstić information content (AvgIpc) is 3.39. The molecule has 2 heterocycles. The van der Waals surface area contributed by atoms with Gasteiger partial charge in [0.1, 0.15) is 11.9 Å². The van der Waals surface area contributed by atoms with Crippen LogP contribution in [0.25, 0.3) is 0 Å². The van der Waals surface area contributed by atoms with Crippen LogP contribution in [-0.2, 0) is 11.3 Å². The number of aromatic amines is 1. The van der Waals surface area contributed by atoms with Gasteiger partial charge in [0.05, 0.1) is 10.5 Å². The molecule has 5 rings (SSSR count). The summed E-state index contributed by atoms with van der Waals surface area (Å²) in [6, 6.07) is 9.61. The van der Waals surface area contributed by atoms with Crippen molar-refractivity contribution < 1.29 is 24.4 Å². The van der Waals surface area contributed by atoms with E-state index >= 15 is 0 Å². The lowest BCUT2D eigenvalue weighted by molar-refractivity contribution is -0.385. The predicted molar refractivity (Wildman–Crippen MR) is 115 cm³/mol. The molecule has 11 heteroatoms. The summed E-state index contributed by atoms with van der Waals surface area (Å²) in [5, 5.41) is 31.6. The highest BCUT2D eigenvalue weighted by molar-refractivity contribution is 6.16. The molecule has 0 saturated carbocycles. The SMILES string of the molecule is CC(C)c1ccc2c(c1)OC1(O)c3cccc(N)c3C(=O)C21NC(=O)c1n[nH]cc1[N+](=O)[O-]. The molecule has 1 aliphatic heterocycles. The molecule has 168 valence electrons. The Bertz CT molecular complexity index is 1370. The summed E-state index contributed by atoms with van der Waals surface area (Å²) in [7, 11) is 0. The van der Waals surface area contributed by atoms with Crippen molar-refractivity contribution in [1.82, 2.24) is 15.5 Å². The molecule has 2 aliphatic rings. The number of nitrogen functional groups attached to an aromatic ring is 1. The summed E-state index contributed by atoms with van der Waals surface area (Å²) in [6.07, 6.45) is 0.954. The molecule has 0 spiro atoms. The van der Waals surface area contributed by atoms with Crippen LogP contribution in [0.3, 0.4) is 0 Å². The van der Waals surface area contributed by atoms with Crippen molar-refractivity contribution in [3.05, 3.63) is 80.7 Å². The van der Waals surface area contributed by atoms with Gasteiger partial charge in [0.25, 0.3) is 11.7 Å². The topological polar surface area (TPSA) is 173 Å². The lowest BCUT2D eigenvalue weighted by atomic mass is 9.82. The van der Waals surface area contributed by atoms with Crippen molar-refractivity contribution in [3.63, 3.8) is 0 Å². The van der Waals surface area contributed by atoms with Crippen molar-refractivity contribution in [2.24, 2.45) is 0 Å². The number of hydrogen-bond acceptors (Lipinski definition) is 8. The van der Waals surface area contributed by atoms with Gasteiger partial charge in [-0.2, -0.15) is 5.10 Å². The Kier molecular flexibility index (Phi) is 4.14. The second kappa shape index (κ2) is 6.62. The maximum atomic E-state index is 13.8. The van der Waals surface area contributed by atoms with E-state index in [0.717, 1.165) is 11.8 Å². The van der Waals surface area contributed by atoms with Crippen molar-refractivity contribution in [3.8, 4) is 5.75 Å². The molecular formula is C22H19N5O6. The smallest absolute Gasteiger partial charge is 0.319 e. The molecule has 0 radical (unpaired) electrons. The van der Waals surface area contributed by atoms with Gasteiger partial charge in [0.2, 0.25) is 17.0 Å². The van der Waals surface area contributed by atoms with E-state index in [4.69, 9.17) is 10.5 Å². The lowest BCUT2D eigenvalue weighted by Gasteiger charge is -2.34. The standard InChI is InChI=1S/C22H19N5O6/c1-10(2)11-6-7-12-16(8-11)33-22(30)13-4-3-5-14(23)17(13)19(28)21(12,22)25-20(29)18-15(27(31)32)9-24-26-18/h3-10,30H,23H2,1-2H3,(H,24,26)(H,25,29). The summed E-state index contributed by atoms with van der Waals surface area (Å²) in [5.74, 6) is -3.72. The number of nitro groups is 1. The molecule has 1 aromatic heterocycles. The molecule has 2 atom stereocenters. The minimum Gasteiger partial charge on any atom is -0.454 e. The highest BCUT2D eigenvalue weighted by atomic mass is 16.6. The molecule has 1 aliphatic carbocycles. The average molecular weight is 449 g/mol. The van der Waals surface area contributed by atoms with Crippen LogP contribution >= 0.6 is 0 Å². The van der Waals surface area contributed by atoms with E-state index in [2.05, 4.69) is 15.5 Å². The summed E-state index contributed by atoms with van der Waals surface area (Å²) >= 11 is 0. The maximum absolute atomic E-state index is 13.8. The fraction of sp³-hybridized carbons (Fsp3) is 0.227. The summed E-state index contributed by atoms with van der Waals surface area (Å²) in [4.78, 5) is 37.6. The van der Waals surface area contributed by atoms with E-state index < -0.39 is 39.3 Å². The van der Waals surface area contributed by atoms with Gasteiger partial charge >= 0.3 is 5.69 Å². The predicted octanol–water partition coefficient (Wildman–Crippen LogP) is 2.08. The summed E-state index contributed by atoms with van der Waals surface area (Å²) < 4.78 is 5.96. The Hall–Kier alpha value is -4.25. The molecule has 0 saturated heterocycles. The first-order valence-electron chi connectivity index (χ1n) is 10.1. The Morgan fingerprint density at radius 2 is 2.06 bits per heavy atom. The van der Waals surface area contributed by atoms with E-state index in [9.17, 15) is 24.8 Å². The Morgan fingerprint density at radius 3 is 2.76 bits per heavy atom. The van der Waals surface area contributed by atoms with Crippen molar-refractivity contribution in [2.75, 3.05) is 5.73 Å². The Morgan fingerprint density at radius 1 is 1.30 bits per heavy atom. The number of nitrogens with one attached hydrogen (secondary N) is 2. The number of Topliss-reactive ketones (excluding diaryl/α,β-unsaturated/α-hetero) is 1. The Balaban J connectivity index is 1.73. The van der Waals surface area contributed by atoms with Gasteiger partial charge in [-0.15, -0.1) is 0 Å². The number of carbonyl (C=O) groups is 2. The fourth-order valence-corrected chi connectivity index (χ4v) is 4.57. The number of aliphatic hydroxyl groups is 1. The highest BCUT2D eigenvalue weighted by Gasteiger charge is 2.72. The molecular weight excluding hydrogens is 430 g/mol. The summed E-state index contributed by atoms with van der Waals surface area (Å²) in [5.41, 5.74) is 4.10. The van der Waals surface area contributed by atoms with E-state index in [-0.39, 0.29) is 34.0 Å². The first-order chi connectivity index (χ1) is 15.6. The quantitative estimate of drug-likeness (QED) is 0.266. The lowest BCUT2D eigenvalue weighted by Crippen LogP contribution is -2.60. The van der Waals surface area contributed by atoms with Crippen molar-refractivity contribution in [2.45, 2.75) is 31.1 Å². The van der Waals surface area contributed by atoms with Crippen LogP contribution in [0.4, 0.5) is 11.4 Å². The van der Waals surface area contributed by atoms with Crippen molar-refractivity contribution in [1.29, 1.82) is 0 Å². The number of anilines is 1. The third-order valence-electron chi connectivity index (χ3n) is 6.20. The Labute approximate surface area is 186 Å². The molecule has 1 amide bonds. The summed E-state index contributed by atoms with van der Waals surface area (Å²) in [6.45, 7) is 3.95. The zero-order valence-electron chi connectivity index (χ0n) is 17.6. The number of amides is 1. The van der Waals surface area contributed by atoms with Gasteiger partial charge in [-0.1, -0.05) is 38.1 Å². The van der Waals surface area contributed by atoms with Crippen molar-refractivity contribution >= 4 is 23.1 Å². The van der Waals surface area contributed by atoms with Gasteiger partial charge in [-0.3, -0.25) is 24.8 Å². The van der Waals surface area contributed by atoms with Gasteiger partial charge in [0, 0.05) is 16.8 Å². The second-order valence-electron chi connectivity index (χ2n) is 8.34. The largest absolute Gasteiger partial charge is 0.454 e. The first-order valence-corrected chi connectivity index (χ1v) is 10.1. The number of H-pyrrole nitrogens is 1.